The van der Waals surface area contributed by atoms with Gasteiger partial charge < -0.3 is 10.0 Å². The number of carbonyl (C=O) groups is 1. The average molecular weight is 420 g/mol. The lowest BCUT2D eigenvalue weighted by molar-refractivity contribution is -0.0163. The maximum absolute atomic E-state index is 13.2. The second-order valence-electron chi connectivity index (χ2n) is 8.20. The number of rotatable bonds is 4. The van der Waals surface area contributed by atoms with Crippen LogP contribution >= 0.6 is 0 Å². The molecule has 31 heavy (non-hydrogen) atoms. The molecule has 0 radical (unpaired) electrons. The molecule has 1 aliphatic rings. The minimum absolute atomic E-state index is 0.111. The van der Waals surface area contributed by atoms with Crippen molar-refractivity contribution in [3.05, 3.63) is 99.7 Å². The Morgan fingerprint density at radius 3 is 2.32 bits per heavy atom. The highest BCUT2D eigenvalue weighted by Gasteiger charge is 2.35. The van der Waals surface area contributed by atoms with Crippen LogP contribution in [0.15, 0.2) is 71.7 Å². The predicted molar refractivity (Wildman–Crippen MR) is 117 cm³/mol. The van der Waals surface area contributed by atoms with Crippen molar-refractivity contribution in [3.8, 4) is 5.69 Å². The number of benzene rings is 2. The predicted octanol–water partition coefficient (Wildman–Crippen LogP) is 3.49. The fourth-order valence-corrected chi connectivity index (χ4v) is 4.13. The first-order valence-electron chi connectivity index (χ1n) is 10.4. The van der Waals surface area contributed by atoms with Gasteiger partial charge in [0, 0.05) is 31.4 Å². The van der Waals surface area contributed by atoms with Gasteiger partial charge in [0.1, 0.15) is 11.4 Å². The molecule has 0 unspecified atom stereocenters. The highest BCUT2D eigenvalue weighted by Crippen LogP contribution is 2.27. The number of halogens is 1. The third-order valence-corrected chi connectivity index (χ3v) is 5.98. The maximum atomic E-state index is 13.2. The topological polar surface area (TPSA) is 62.5 Å². The van der Waals surface area contributed by atoms with Crippen molar-refractivity contribution in [2.45, 2.75) is 31.8 Å². The van der Waals surface area contributed by atoms with Crippen LogP contribution in [0.25, 0.3) is 5.69 Å². The fourth-order valence-electron chi connectivity index (χ4n) is 4.13. The number of aliphatic hydroxyl groups is 1. The molecule has 1 saturated heterocycles. The summed E-state index contributed by atoms with van der Waals surface area (Å²) in [4.78, 5) is 28.0. The Hall–Kier alpha value is -3.25. The van der Waals surface area contributed by atoms with Crippen LogP contribution in [0, 0.1) is 12.7 Å². The molecule has 0 bridgehead atoms. The van der Waals surface area contributed by atoms with Gasteiger partial charge in [0.15, 0.2) is 0 Å². The van der Waals surface area contributed by atoms with E-state index in [1.54, 1.807) is 24.1 Å². The van der Waals surface area contributed by atoms with E-state index < -0.39 is 17.0 Å². The molecule has 160 valence electrons. The van der Waals surface area contributed by atoms with E-state index in [0.717, 1.165) is 5.56 Å². The minimum atomic E-state index is -0.863. The molecule has 1 aromatic heterocycles. The highest BCUT2D eigenvalue weighted by atomic mass is 19.1. The lowest BCUT2D eigenvalue weighted by Crippen LogP contribution is -2.49. The molecule has 1 amide bonds. The largest absolute Gasteiger partial charge is 0.389 e. The van der Waals surface area contributed by atoms with Gasteiger partial charge in [-0.25, -0.2) is 4.39 Å². The molecule has 1 N–H and O–H groups in total. The van der Waals surface area contributed by atoms with Crippen LogP contribution in [0.1, 0.15) is 34.3 Å². The molecular weight excluding hydrogens is 395 g/mol. The van der Waals surface area contributed by atoms with E-state index in [9.17, 15) is 19.1 Å². The van der Waals surface area contributed by atoms with E-state index in [1.807, 2.05) is 30.3 Å². The van der Waals surface area contributed by atoms with Gasteiger partial charge in [0.05, 0.1) is 5.60 Å². The molecule has 4 rings (SSSR count). The van der Waals surface area contributed by atoms with Crippen LogP contribution in [0.5, 0.6) is 0 Å². The number of aromatic nitrogens is 1. The summed E-state index contributed by atoms with van der Waals surface area (Å²) in [7, 11) is 0. The van der Waals surface area contributed by atoms with Crippen molar-refractivity contribution in [1.82, 2.24) is 9.47 Å². The van der Waals surface area contributed by atoms with Crippen molar-refractivity contribution < 1.29 is 14.3 Å². The zero-order valence-corrected chi connectivity index (χ0v) is 17.4. The zero-order valence-electron chi connectivity index (χ0n) is 17.4. The van der Waals surface area contributed by atoms with Gasteiger partial charge in [-0.2, -0.15) is 0 Å². The number of likely N-dealkylation sites (tertiary alicyclic amines) is 1. The SMILES string of the molecule is Cc1ccn(-c2ccc(F)cc2)c(=O)c1C(=O)N1CCC(O)(Cc2ccccc2)CC1. The van der Waals surface area contributed by atoms with E-state index >= 15 is 0 Å². The first-order valence-corrected chi connectivity index (χ1v) is 10.4. The monoisotopic (exact) mass is 420 g/mol. The quantitative estimate of drug-likeness (QED) is 0.703. The highest BCUT2D eigenvalue weighted by molar-refractivity contribution is 5.95. The standard InChI is InChI=1S/C25H25FN2O3/c1-18-11-14-28(21-9-7-20(26)8-10-21)24(30)22(18)23(29)27-15-12-25(31,13-16-27)17-19-5-3-2-4-6-19/h2-11,14,31H,12-13,15-17H2,1H3. The number of carbonyl (C=O) groups excluding carboxylic acids is 1. The van der Waals surface area contributed by atoms with E-state index in [2.05, 4.69) is 0 Å². The van der Waals surface area contributed by atoms with E-state index in [-0.39, 0.29) is 11.5 Å². The van der Waals surface area contributed by atoms with Crippen LogP contribution < -0.4 is 5.56 Å². The van der Waals surface area contributed by atoms with Gasteiger partial charge in [-0.05, 0) is 61.2 Å². The van der Waals surface area contributed by atoms with Crippen LogP contribution in [0.2, 0.25) is 0 Å². The van der Waals surface area contributed by atoms with E-state index in [0.29, 0.717) is 43.6 Å². The summed E-state index contributed by atoms with van der Waals surface area (Å²) in [6, 6.07) is 17.1. The number of amides is 1. The molecule has 2 aromatic carbocycles. The van der Waals surface area contributed by atoms with Crippen molar-refractivity contribution in [2.24, 2.45) is 0 Å². The van der Waals surface area contributed by atoms with E-state index in [4.69, 9.17) is 0 Å². The first kappa shape index (κ1) is 21.0. The third-order valence-electron chi connectivity index (χ3n) is 5.98. The van der Waals surface area contributed by atoms with Crippen molar-refractivity contribution in [2.75, 3.05) is 13.1 Å². The molecule has 0 atom stereocenters. The van der Waals surface area contributed by atoms with Crippen molar-refractivity contribution >= 4 is 5.91 Å². The molecule has 0 aliphatic carbocycles. The summed E-state index contributed by atoms with van der Waals surface area (Å²) in [5.74, 6) is -0.725. The van der Waals surface area contributed by atoms with Gasteiger partial charge in [-0.3, -0.25) is 14.2 Å². The number of nitrogens with zero attached hydrogens (tertiary/aromatic N) is 2. The number of hydrogen-bond acceptors (Lipinski definition) is 3. The molecule has 0 saturated carbocycles. The van der Waals surface area contributed by atoms with Crippen molar-refractivity contribution in [1.29, 1.82) is 0 Å². The van der Waals surface area contributed by atoms with Gasteiger partial charge >= 0.3 is 0 Å². The minimum Gasteiger partial charge on any atom is -0.389 e. The summed E-state index contributed by atoms with van der Waals surface area (Å²) < 4.78 is 14.6. The number of pyridine rings is 1. The molecule has 2 heterocycles. The Morgan fingerprint density at radius 1 is 1.03 bits per heavy atom. The fraction of sp³-hybridized carbons (Fsp3) is 0.280. The first-order chi connectivity index (χ1) is 14.9. The van der Waals surface area contributed by atoms with Gasteiger partial charge in [-0.15, -0.1) is 0 Å². The van der Waals surface area contributed by atoms with Gasteiger partial charge in [-0.1, -0.05) is 30.3 Å². The third kappa shape index (κ3) is 4.44. The molecule has 5 nitrogen and oxygen atoms in total. The van der Waals surface area contributed by atoms with E-state index in [1.165, 1.54) is 28.8 Å². The Labute approximate surface area is 180 Å². The molecule has 1 aliphatic heterocycles. The van der Waals surface area contributed by atoms with Crippen LogP contribution in [0.3, 0.4) is 0 Å². The zero-order chi connectivity index (χ0) is 22.0. The normalized spacial score (nSPS) is 15.6. The second kappa shape index (κ2) is 8.47. The Kier molecular flexibility index (Phi) is 5.74. The van der Waals surface area contributed by atoms with Gasteiger partial charge in [0.25, 0.3) is 11.5 Å². The Bertz CT molecular complexity index is 1130. The summed E-state index contributed by atoms with van der Waals surface area (Å²) in [6.07, 6.45) is 3.03. The molecular formula is C25H25FN2O3. The lowest BCUT2D eigenvalue weighted by atomic mass is 9.85. The lowest BCUT2D eigenvalue weighted by Gasteiger charge is -2.38. The molecule has 6 heteroatoms. The number of hydrogen-bond donors (Lipinski definition) is 1. The smallest absolute Gasteiger partial charge is 0.268 e. The summed E-state index contributed by atoms with van der Waals surface area (Å²) in [6.45, 7) is 2.50. The summed E-state index contributed by atoms with van der Waals surface area (Å²) in [5.41, 5.74) is 0.973. The molecule has 0 spiro atoms. The van der Waals surface area contributed by atoms with Crippen LogP contribution in [-0.2, 0) is 6.42 Å². The summed E-state index contributed by atoms with van der Waals surface area (Å²) >= 11 is 0. The number of aryl methyl sites for hydroxylation is 1. The van der Waals surface area contributed by atoms with Crippen LogP contribution in [-0.4, -0.2) is 39.2 Å². The summed E-state index contributed by atoms with van der Waals surface area (Å²) in [5, 5.41) is 11.0. The Balaban J connectivity index is 1.53. The number of piperidine rings is 1. The molecule has 3 aromatic rings. The second-order valence-corrected chi connectivity index (χ2v) is 8.20. The van der Waals surface area contributed by atoms with Crippen molar-refractivity contribution in [3.63, 3.8) is 0 Å². The Morgan fingerprint density at radius 2 is 1.68 bits per heavy atom. The average Bonchev–Trinajstić information content (AvgIpc) is 2.76. The van der Waals surface area contributed by atoms with Gasteiger partial charge in [0.2, 0.25) is 0 Å². The molecule has 1 fully saturated rings. The maximum Gasteiger partial charge on any atom is 0.268 e. The van der Waals surface area contributed by atoms with Crippen LogP contribution in [0.4, 0.5) is 4.39 Å².